The Morgan fingerprint density at radius 1 is 1.50 bits per heavy atom. The maximum absolute atomic E-state index is 8.92. The highest BCUT2D eigenvalue weighted by Gasteiger charge is 2.09. The van der Waals surface area contributed by atoms with Crippen LogP contribution < -0.4 is 4.90 Å². The van der Waals surface area contributed by atoms with Crippen molar-refractivity contribution in [3.8, 4) is 0 Å². The Kier molecular flexibility index (Phi) is 4.82. The van der Waals surface area contributed by atoms with E-state index in [4.69, 9.17) is 5.11 Å². The maximum Gasteiger partial charge on any atom is 0.146 e. The van der Waals surface area contributed by atoms with Crippen LogP contribution in [0.1, 0.15) is 13.3 Å². The zero-order valence-corrected chi connectivity index (χ0v) is 9.74. The molecule has 0 aliphatic heterocycles. The van der Waals surface area contributed by atoms with E-state index in [0.29, 0.717) is 6.54 Å². The van der Waals surface area contributed by atoms with Crippen molar-refractivity contribution in [2.75, 3.05) is 24.6 Å². The lowest BCUT2D eigenvalue weighted by Gasteiger charge is -2.22. The molecule has 0 saturated heterocycles. The second-order valence-electron chi connectivity index (χ2n) is 2.90. The third-order valence-electron chi connectivity index (χ3n) is 1.81. The second-order valence-corrected chi connectivity index (χ2v) is 3.76. The predicted octanol–water partition coefficient (Wildman–Crippen LogP) is 1.45. The summed E-state index contributed by atoms with van der Waals surface area (Å²) in [5.41, 5.74) is 0. The van der Waals surface area contributed by atoms with Crippen molar-refractivity contribution in [2.45, 2.75) is 13.3 Å². The van der Waals surface area contributed by atoms with Crippen LogP contribution in [0.4, 0.5) is 5.82 Å². The van der Waals surface area contributed by atoms with E-state index >= 15 is 0 Å². The van der Waals surface area contributed by atoms with Crippen LogP contribution in [0.2, 0.25) is 0 Å². The fraction of sp³-hybridized carbons (Fsp3) is 0.556. The summed E-state index contributed by atoms with van der Waals surface area (Å²) in [6.07, 6.45) is 4.25. The monoisotopic (exact) mass is 259 g/mol. The number of aliphatic hydroxyl groups is 1. The molecule has 0 atom stereocenters. The maximum atomic E-state index is 8.92. The molecule has 78 valence electrons. The molecule has 4 nitrogen and oxygen atoms in total. The molecule has 0 aromatic carbocycles. The second kappa shape index (κ2) is 5.93. The van der Waals surface area contributed by atoms with Gasteiger partial charge in [-0.2, -0.15) is 0 Å². The largest absolute Gasteiger partial charge is 0.395 e. The number of nitrogens with zero attached hydrogens (tertiary/aromatic N) is 3. The molecule has 0 amide bonds. The first kappa shape index (κ1) is 11.4. The van der Waals surface area contributed by atoms with Gasteiger partial charge in [0, 0.05) is 19.3 Å². The predicted molar refractivity (Wildman–Crippen MR) is 59.3 cm³/mol. The number of hydrogen-bond acceptors (Lipinski definition) is 4. The van der Waals surface area contributed by atoms with E-state index < -0.39 is 0 Å². The normalized spacial score (nSPS) is 10.2. The Morgan fingerprint density at radius 3 is 2.86 bits per heavy atom. The van der Waals surface area contributed by atoms with Gasteiger partial charge in [0.15, 0.2) is 0 Å². The highest BCUT2D eigenvalue weighted by molar-refractivity contribution is 9.10. The van der Waals surface area contributed by atoms with Crippen molar-refractivity contribution in [1.82, 2.24) is 9.97 Å². The zero-order valence-electron chi connectivity index (χ0n) is 8.15. The zero-order chi connectivity index (χ0) is 10.4. The van der Waals surface area contributed by atoms with E-state index in [1.54, 1.807) is 6.20 Å². The first-order valence-electron chi connectivity index (χ1n) is 4.61. The van der Waals surface area contributed by atoms with Gasteiger partial charge in [-0.15, -0.1) is 0 Å². The average Bonchev–Trinajstić information content (AvgIpc) is 2.18. The van der Waals surface area contributed by atoms with Crippen molar-refractivity contribution < 1.29 is 5.11 Å². The molecule has 0 unspecified atom stereocenters. The van der Waals surface area contributed by atoms with Crippen molar-refractivity contribution in [3.05, 3.63) is 17.0 Å². The molecule has 1 heterocycles. The lowest BCUT2D eigenvalue weighted by molar-refractivity contribution is 0.301. The Hall–Kier alpha value is -0.680. The molecule has 5 heteroatoms. The number of aliphatic hydroxyl groups excluding tert-OH is 1. The first-order valence-corrected chi connectivity index (χ1v) is 5.40. The molecule has 0 aliphatic carbocycles. The third kappa shape index (κ3) is 2.92. The minimum absolute atomic E-state index is 0.135. The fourth-order valence-corrected chi connectivity index (χ4v) is 1.72. The van der Waals surface area contributed by atoms with Gasteiger partial charge in [-0.3, -0.25) is 0 Å². The van der Waals surface area contributed by atoms with Crippen LogP contribution in [0.3, 0.4) is 0 Å². The van der Waals surface area contributed by atoms with Gasteiger partial charge < -0.3 is 10.0 Å². The van der Waals surface area contributed by atoms with Gasteiger partial charge in [-0.05, 0) is 22.4 Å². The SMILES string of the molecule is CCCN(CCO)c1ncncc1Br. The lowest BCUT2D eigenvalue weighted by atomic mass is 10.4. The Morgan fingerprint density at radius 2 is 2.29 bits per heavy atom. The van der Waals surface area contributed by atoms with Crippen LogP contribution in [0.15, 0.2) is 17.0 Å². The molecule has 1 rings (SSSR count). The summed E-state index contributed by atoms with van der Waals surface area (Å²) in [6.45, 7) is 3.72. The lowest BCUT2D eigenvalue weighted by Crippen LogP contribution is -2.28. The van der Waals surface area contributed by atoms with Crippen molar-refractivity contribution >= 4 is 21.7 Å². The Labute approximate surface area is 92.1 Å². The van der Waals surface area contributed by atoms with Gasteiger partial charge in [0.05, 0.1) is 11.1 Å². The molecule has 14 heavy (non-hydrogen) atoms. The molecular weight excluding hydrogens is 246 g/mol. The summed E-state index contributed by atoms with van der Waals surface area (Å²) in [5, 5.41) is 8.92. The number of anilines is 1. The Balaban J connectivity index is 2.81. The summed E-state index contributed by atoms with van der Waals surface area (Å²) in [7, 11) is 0. The average molecular weight is 260 g/mol. The molecule has 0 aliphatic rings. The minimum atomic E-state index is 0.135. The molecule has 0 radical (unpaired) electrons. The molecule has 0 spiro atoms. The summed E-state index contributed by atoms with van der Waals surface area (Å²) >= 11 is 3.39. The molecule has 1 N–H and O–H groups in total. The first-order chi connectivity index (χ1) is 6.79. The molecule has 0 saturated carbocycles. The van der Waals surface area contributed by atoms with Crippen LogP contribution in [0.5, 0.6) is 0 Å². The third-order valence-corrected chi connectivity index (χ3v) is 2.37. The molecule has 0 fully saturated rings. The molecule has 1 aromatic heterocycles. The van der Waals surface area contributed by atoms with E-state index in [1.165, 1.54) is 6.33 Å². The summed E-state index contributed by atoms with van der Waals surface area (Å²) in [5.74, 6) is 0.843. The van der Waals surface area contributed by atoms with Gasteiger partial charge >= 0.3 is 0 Å². The molecular formula is C9H14BrN3O. The van der Waals surface area contributed by atoms with Gasteiger partial charge in [-0.1, -0.05) is 6.92 Å². The molecule has 0 bridgehead atoms. The standard InChI is InChI=1S/C9H14BrN3O/c1-2-3-13(4-5-14)9-8(10)6-11-7-12-9/h6-7,14H,2-5H2,1H3. The van der Waals surface area contributed by atoms with Crippen LogP contribution in [0, 0.1) is 0 Å². The van der Waals surface area contributed by atoms with Crippen LogP contribution in [-0.4, -0.2) is 34.8 Å². The van der Waals surface area contributed by atoms with E-state index in [2.05, 4.69) is 32.8 Å². The summed E-state index contributed by atoms with van der Waals surface area (Å²) in [4.78, 5) is 10.1. The Bertz CT molecular complexity index is 277. The highest BCUT2D eigenvalue weighted by Crippen LogP contribution is 2.21. The number of aromatic nitrogens is 2. The van der Waals surface area contributed by atoms with Gasteiger partial charge in [0.1, 0.15) is 12.1 Å². The topological polar surface area (TPSA) is 49.2 Å². The van der Waals surface area contributed by atoms with E-state index in [1.807, 2.05) is 4.90 Å². The van der Waals surface area contributed by atoms with E-state index in [9.17, 15) is 0 Å². The molecule has 1 aromatic rings. The van der Waals surface area contributed by atoms with Crippen LogP contribution in [-0.2, 0) is 0 Å². The number of hydrogen-bond donors (Lipinski definition) is 1. The van der Waals surface area contributed by atoms with Crippen LogP contribution in [0.25, 0.3) is 0 Å². The number of halogens is 1. The highest BCUT2D eigenvalue weighted by atomic mass is 79.9. The quantitative estimate of drug-likeness (QED) is 0.870. The smallest absolute Gasteiger partial charge is 0.146 e. The van der Waals surface area contributed by atoms with E-state index in [-0.39, 0.29) is 6.61 Å². The van der Waals surface area contributed by atoms with Gasteiger partial charge in [0.25, 0.3) is 0 Å². The van der Waals surface area contributed by atoms with Gasteiger partial charge in [-0.25, -0.2) is 9.97 Å². The van der Waals surface area contributed by atoms with Crippen molar-refractivity contribution in [2.24, 2.45) is 0 Å². The minimum Gasteiger partial charge on any atom is -0.395 e. The number of rotatable bonds is 5. The van der Waals surface area contributed by atoms with Crippen molar-refractivity contribution in [1.29, 1.82) is 0 Å². The fourth-order valence-electron chi connectivity index (χ4n) is 1.25. The van der Waals surface area contributed by atoms with E-state index in [0.717, 1.165) is 23.3 Å². The van der Waals surface area contributed by atoms with Crippen molar-refractivity contribution in [3.63, 3.8) is 0 Å². The summed E-state index contributed by atoms with van der Waals surface area (Å²) in [6, 6.07) is 0. The van der Waals surface area contributed by atoms with Gasteiger partial charge in [0.2, 0.25) is 0 Å². The summed E-state index contributed by atoms with van der Waals surface area (Å²) < 4.78 is 0.863. The van der Waals surface area contributed by atoms with Crippen LogP contribution >= 0.6 is 15.9 Å².